The van der Waals surface area contributed by atoms with Gasteiger partial charge >= 0.3 is 0 Å². The predicted octanol–water partition coefficient (Wildman–Crippen LogP) is 0.770. The summed E-state index contributed by atoms with van der Waals surface area (Å²) in [5.74, 6) is 0. The topological polar surface area (TPSA) is 60.9 Å². The molecule has 4 heteroatoms. The summed E-state index contributed by atoms with van der Waals surface area (Å²) in [6.07, 6.45) is 0.773. The number of hydrogen-bond acceptors (Lipinski definition) is 3. The first-order valence-corrected chi connectivity index (χ1v) is 4.83. The Bertz CT molecular complexity index is 370. The maximum Gasteiger partial charge on any atom is 0.267 e. The molecule has 0 aliphatic rings. The number of nitrogens with two attached hydrogens (primary N) is 1. The van der Waals surface area contributed by atoms with Crippen molar-refractivity contribution in [3.63, 3.8) is 0 Å². The third-order valence-electron chi connectivity index (χ3n) is 2.40. The van der Waals surface area contributed by atoms with Crippen molar-refractivity contribution < 1.29 is 0 Å². The highest BCUT2D eigenvalue weighted by atomic mass is 16.1. The molecular weight excluding hydrogens is 178 g/mol. The largest absolute Gasteiger partial charge is 0.330 e. The van der Waals surface area contributed by atoms with Gasteiger partial charge < -0.3 is 5.73 Å². The van der Waals surface area contributed by atoms with Crippen LogP contribution in [0.4, 0.5) is 0 Å². The van der Waals surface area contributed by atoms with Crippen LogP contribution < -0.4 is 11.3 Å². The molecule has 0 radical (unpaired) electrons. The van der Waals surface area contributed by atoms with E-state index in [1.54, 1.807) is 6.07 Å². The Balaban J connectivity index is 3.09. The zero-order chi connectivity index (χ0) is 10.7. The second-order valence-electron chi connectivity index (χ2n) is 3.62. The fourth-order valence-electron chi connectivity index (χ4n) is 1.32. The second kappa shape index (κ2) is 4.37. The molecule has 1 aromatic rings. The monoisotopic (exact) mass is 195 g/mol. The molecule has 1 aromatic heterocycles. The van der Waals surface area contributed by atoms with Gasteiger partial charge in [0, 0.05) is 6.07 Å². The molecule has 78 valence electrons. The average Bonchev–Trinajstić information content (AvgIpc) is 2.11. The molecule has 2 N–H and O–H groups in total. The van der Waals surface area contributed by atoms with Crippen molar-refractivity contribution in [2.24, 2.45) is 5.73 Å². The summed E-state index contributed by atoms with van der Waals surface area (Å²) in [5, 5.41) is 4.24. The smallest absolute Gasteiger partial charge is 0.267 e. The molecule has 0 spiro atoms. The molecule has 4 nitrogen and oxygen atoms in total. The second-order valence-corrected chi connectivity index (χ2v) is 3.62. The summed E-state index contributed by atoms with van der Waals surface area (Å²) >= 11 is 0. The van der Waals surface area contributed by atoms with Gasteiger partial charge in [0.2, 0.25) is 0 Å². The zero-order valence-electron chi connectivity index (χ0n) is 8.95. The third-order valence-corrected chi connectivity index (χ3v) is 2.40. The molecule has 0 saturated carbocycles. The quantitative estimate of drug-likeness (QED) is 0.775. The SMILES string of the molecule is Cc1cc(=O)n(C(C)CCN)nc1C. The van der Waals surface area contributed by atoms with Crippen LogP contribution in [0, 0.1) is 13.8 Å². The number of rotatable bonds is 3. The molecule has 0 bridgehead atoms. The fraction of sp³-hybridized carbons (Fsp3) is 0.600. The van der Waals surface area contributed by atoms with Gasteiger partial charge in [0.25, 0.3) is 5.56 Å². The molecule has 0 saturated heterocycles. The lowest BCUT2D eigenvalue weighted by atomic mass is 10.2. The lowest BCUT2D eigenvalue weighted by Gasteiger charge is -2.13. The molecule has 1 atom stereocenters. The predicted molar refractivity (Wildman–Crippen MR) is 56.4 cm³/mol. The van der Waals surface area contributed by atoms with Gasteiger partial charge in [-0.25, -0.2) is 4.68 Å². The van der Waals surface area contributed by atoms with Gasteiger partial charge in [-0.3, -0.25) is 4.79 Å². The Morgan fingerprint density at radius 2 is 2.21 bits per heavy atom. The molecule has 0 aliphatic heterocycles. The van der Waals surface area contributed by atoms with E-state index in [4.69, 9.17) is 5.73 Å². The average molecular weight is 195 g/mol. The minimum atomic E-state index is -0.0472. The van der Waals surface area contributed by atoms with Crippen LogP contribution in [0.2, 0.25) is 0 Å². The van der Waals surface area contributed by atoms with Crippen LogP contribution in [0.3, 0.4) is 0 Å². The van der Waals surface area contributed by atoms with E-state index in [-0.39, 0.29) is 11.6 Å². The number of aromatic nitrogens is 2. The van der Waals surface area contributed by atoms with Crippen molar-refractivity contribution in [2.75, 3.05) is 6.54 Å². The van der Waals surface area contributed by atoms with Crippen LogP contribution in [-0.2, 0) is 0 Å². The molecule has 1 heterocycles. The molecule has 0 fully saturated rings. The number of hydrogen-bond donors (Lipinski definition) is 1. The molecule has 1 unspecified atom stereocenters. The van der Waals surface area contributed by atoms with E-state index < -0.39 is 0 Å². The Hall–Kier alpha value is -1.16. The summed E-state index contributed by atoms with van der Waals surface area (Å²) in [6.45, 7) is 6.32. The van der Waals surface area contributed by atoms with Crippen LogP contribution >= 0.6 is 0 Å². The minimum absolute atomic E-state index is 0.0472. The molecule has 0 aliphatic carbocycles. The highest BCUT2D eigenvalue weighted by molar-refractivity contribution is 5.13. The summed E-state index contributed by atoms with van der Waals surface area (Å²) < 4.78 is 1.51. The van der Waals surface area contributed by atoms with Crippen LogP contribution in [0.15, 0.2) is 10.9 Å². The van der Waals surface area contributed by atoms with Gasteiger partial charge in [0.05, 0.1) is 11.7 Å². The first kappa shape index (κ1) is 10.9. The summed E-state index contributed by atoms with van der Waals surface area (Å²) in [4.78, 5) is 11.6. The van der Waals surface area contributed by atoms with Crippen LogP contribution in [0.1, 0.15) is 30.6 Å². The first-order valence-electron chi connectivity index (χ1n) is 4.83. The maximum atomic E-state index is 11.6. The Labute approximate surface area is 83.7 Å². The first-order chi connectivity index (χ1) is 6.56. The van der Waals surface area contributed by atoms with Gasteiger partial charge in [0.1, 0.15) is 0 Å². The van der Waals surface area contributed by atoms with Gasteiger partial charge in [-0.05, 0) is 39.3 Å². The lowest BCUT2D eigenvalue weighted by Crippen LogP contribution is -2.27. The van der Waals surface area contributed by atoms with E-state index in [2.05, 4.69) is 5.10 Å². The Kier molecular flexibility index (Phi) is 3.41. The van der Waals surface area contributed by atoms with E-state index in [0.717, 1.165) is 17.7 Å². The van der Waals surface area contributed by atoms with Gasteiger partial charge in [0.15, 0.2) is 0 Å². The van der Waals surface area contributed by atoms with E-state index in [9.17, 15) is 4.79 Å². The highest BCUT2D eigenvalue weighted by Gasteiger charge is 2.08. The van der Waals surface area contributed by atoms with E-state index in [0.29, 0.717) is 6.54 Å². The summed E-state index contributed by atoms with van der Waals surface area (Å²) in [6, 6.07) is 1.70. The molecule has 0 amide bonds. The number of nitrogens with zero attached hydrogens (tertiary/aromatic N) is 2. The molecule has 1 rings (SSSR count). The molecule has 14 heavy (non-hydrogen) atoms. The fourth-order valence-corrected chi connectivity index (χ4v) is 1.32. The van der Waals surface area contributed by atoms with Crippen molar-refractivity contribution in [3.05, 3.63) is 27.7 Å². The van der Waals surface area contributed by atoms with Crippen molar-refractivity contribution in [1.82, 2.24) is 9.78 Å². The van der Waals surface area contributed by atoms with E-state index >= 15 is 0 Å². The summed E-state index contributed by atoms with van der Waals surface area (Å²) in [7, 11) is 0. The summed E-state index contributed by atoms with van der Waals surface area (Å²) in [5.41, 5.74) is 7.23. The highest BCUT2D eigenvalue weighted by Crippen LogP contribution is 2.06. The third kappa shape index (κ3) is 2.20. The zero-order valence-corrected chi connectivity index (χ0v) is 8.95. The minimum Gasteiger partial charge on any atom is -0.330 e. The Morgan fingerprint density at radius 3 is 2.79 bits per heavy atom. The van der Waals surface area contributed by atoms with Crippen molar-refractivity contribution in [3.8, 4) is 0 Å². The van der Waals surface area contributed by atoms with Crippen molar-refractivity contribution in [1.29, 1.82) is 0 Å². The molecular formula is C10H17N3O. The van der Waals surface area contributed by atoms with Gasteiger partial charge in [-0.2, -0.15) is 5.10 Å². The number of aryl methyl sites for hydroxylation is 2. The van der Waals surface area contributed by atoms with Gasteiger partial charge in [-0.15, -0.1) is 0 Å². The normalized spacial score (nSPS) is 12.9. The van der Waals surface area contributed by atoms with Crippen molar-refractivity contribution in [2.45, 2.75) is 33.2 Å². The standard InChI is InChI=1S/C10H17N3O/c1-7-6-10(14)13(12-9(7)3)8(2)4-5-11/h6,8H,4-5,11H2,1-3H3. The van der Waals surface area contributed by atoms with Crippen molar-refractivity contribution >= 4 is 0 Å². The Morgan fingerprint density at radius 1 is 1.57 bits per heavy atom. The van der Waals surface area contributed by atoms with E-state index in [1.807, 2.05) is 20.8 Å². The van der Waals surface area contributed by atoms with Crippen LogP contribution in [0.5, 0.6) is 0 Å². The lowest BCUT2D eigenvalue weighted by molar-refractivity contribution is 0.438. The van der Waals surface area contributed by atoms with Gasteiger partial charge in [-0.1, -0.05) is 0 Å². The van der Waals surface area contributed by atoms with Crippen LogP contribution in [-0.4, -0.2) is 16.3 Å². The maximum absolute atomic E-state index is 11.6. The van der Waals surface area contributed by atoms with E-state index in [1.165, 1.54) is 4.68 Å². The molecule has 0 aromatic carbocycles. The van der Waals surface area contributed by atoms with Crippen LogP contribution in [0.25, 0.3) is 0 Å².